The average molecular weight is 279 g/mol. The summed E-state index contributed by atoms with van der Waals surface area (Å²) in [7, 11) is 0. The first-order valence-corrected chi connectivity index (χ1v) is 7.58. The van der Waals surface area contributed by atoms with Crippen LogP contribution in [0, 0.1) is 6.92 Å². The Labute approximate surface area is 123 Å². The minimum Gasteiger partial charge on any atom is -0.490 e. The summed E-state index contributed by atoms with van der Waals surface area (Å²) in [5, 5.41) is 13.7. The molecule has 1 rings (SSSR count). The van der Waals surface area contributed by atoms with E-state index in [-0.39, 0.29) is 0 Å². The maximum atomic E-state index is 10.3. The number of hydrogen-bond acceptors (Lipinski definition) is 3. The molecule has 0 aliphatic rings. The minimum absolute atomic E-state index is 0.345. The van der Waals surface area contributed by atoms with E-state index >= 15 is 0 Å². The first kappa shape index (κ1) is 17.0. The molecule has 1 aromatic carbocycles. The smallest absolute Gasteiger partial charge is 0.123 e. The fraction of sp³-hybridized carbons (Fsp3) is 0.647. The Morgan fingerprint density at radius 3 is 2.45 bits per heavy atom. The van der Waals surface area contributed by atoms with Gasteiger partial charge in [0.25, 0.3) is 0 Å². The molecule has 0 spiro atoms. The molecular weight excluding hydrogens is 250 g/mol. The first-order valence-electron chi connectivity index (χ1n) is 7.58. The molecule has 2 N–H and O–H groups in total. The van der Waals surface area contributed by atoms with Crippen LogP contribution < -0.4 is 10.1 Å². The van der Waals surface area contributed by atoms with E-state index in [9.17, 15) is 5.11 Å². The Bertz CT molecular complexity index is 411. The zero-order chi connectivity index (χ0) is 15.2. The molecule has 0 bridgehead atoms. The lowest BCUT2D eigenvalue weighted by molar-refractivity contribution is -0.0116. The number of aliphatic hydroxyl groups is 1. The van der Waals surface area contributed by atoms with Crippen molar-refractivity contribution >= 4 is 0 Å². The van der Waals surface area contributed by atoms with Crippen LogP contribution in [0.5, 0.6) is 5.75 Å². The highest BCUT2D eigenvalue weighted by molar-refractivity contribution is 5.37. The molecule has 0 aliphatic carbocycles. The van der Waals surface area contributed by atoms with Gasteiger partial charge < -0.3 is 15.2 Å². The monoisotopic (exact) mass is 279 g/mol. The van der Waals surface area contributed by atoms with Gasteiger partial charge in [0.1, 0.15) is 12.4 Å². The summed E-state index contributed by atoms with van der Waals surface area (Å²) >= 11 is 0. The number of benzene rings is 1. The lowest BCUT2D eigenvalue weighted by Crippen LogP contribution is -2.34. The van der Waals surface area contributed by atoms with Crippen LogP contribution in [0.1, 0.15) is 51.7 Å². The van der Waals surface area contributed by atoms with Crippen LogP contribution in [0.2, 0.25) is 0 Å². The average Bonchev–Trinajstić information content (AvgIpc) is 2.43. The van der Waals surface area contributed by atoms with E-state index in [0.717, 1.165) is 17.9 Å². The molecule has 0 radical (unpaired) electrons. The van der Waals surface area contributed by atoms with Crippen molar-refractivity contribution in [3.05, 3.63) is 29.3 Å². The molecule has 0 saturated carbocycles. The SMILES string of the molecule is CCC(O)(CC)COc1ccc(C)cc1CNC(C)C. The van der Waals surface area contributed by atoms with Gasteiger partial charge in [-0.15, -0.1) is 0 Å². The molecule has 20 heavy (non-hydrogen) atoms. The van der Waals surface area contributed by atoms with Gasteiger partial charge in [0.05, 0.1) is 5.60 Å². The van der Waals surface area contributed by atoms with Crippen LogP contribution in [0.4, 0.5) is 0 Å². The number of rotatable bonds is 8. The van der Waals surface area contributed by atoms with Crippen molar-refractivity contribution in [2.75, 3.05) is 6.61 Å². The van der Waals surface area contributed by atoms with Crippen molar-refractivity contribution in [1.29, 1.82) is 0 Å². The van der Waals surface area contributed by atoms with Crippen molar-refractivity contribution in [1.82, 2.24) is 5.32 Å². The molecule has 0 atom stereocenters. The Morgan fingerprint density at radius 1 is 1.25 bits per heavy atom. The molecule has 0 unspecified atom stereocenters. The number of aryl methyl sites for hydroxylation is 1. The molecule has 0 amide bonds. The van der Waals surface area contributed by atoms with Gasteiger partial charge in [0.2, 0.25) is 0 Å². The molecule has 0 aromatic heterocycles. The largest absolute Gasteiger partial charge is 0.490 e. The molecule has 0 heterocycles. The van der Waals surface area contributed by atoms with E-state index in [1.54, 1.807) is 0 Å². The van der Waals surface area contributed by atoms with Crippen LogP contribution in [-0.4, -0.2) is 23.4 Å². The Balaban J connectivity index is 2.78. The number of hydrogen-bond donors (Lipinski definition) is 2. The lowest BCUT2D eigenvalue weighted by Gasteiger charge is -2.26. The molecule has 0 saturated heterocycles. The lowest BCUT2D eigenvalue weighted by atomic mass is 9.99. The molecule has 114 valence electrons. The first-order chi connectivity index (χ1) is 9.40. The standard InChI is InChI=1S/C17H29NO2/c1-6-17(19,7-2)12-20-16-9-8-14(5)10-15(16)11-18-13(3)4/h8-10,13,18-19H,6-7,11-12H2,1-5H3. The van der Waals surface area contributed by atoms with Gasteiger partial charge in [-0.3, -0.25) is 0 Å². The summed E-state index contributed by atoms with van der Waals surface area (Å²) in [6, 6.07) is 6.62. The van der Waals surface area contributed by atoms with Crippen LogP contribution in [-0.2, 0) is 6.54 Å². The van der Waals surface area contributed by atoms with E-state index in [0.29, 0.717) is 25.5 Å². The predicted octanol–water partition coefficient (Wildman–Crippen LogP) is 3.42. The van der Waals surface area contributed by atoms with Gasteiger partial charge in [-0.2, -0.15) is 0 Å². The summed E-state index contributed by atoms with van der Waals surface area (Å²) < 4.78 is 5.88. The topological polar surface area (TPSA) is 41.5 Å². The fourth-order valence-electron chi connectivity index (χ4n) is 1.97. The number of ether oxygens (including phenoxy) is 1. The second-order valence-electron chi connectivity index (χ2n) is 5.87. The van der Waals surface area contributed by atoms with Crippen LogP contribution in [0.3, 0.4) is 0 Å². The van der Waals surface area contributed by atoms with Gasteiger partial charge in [-0.05, 0) is 25.8 Å². The molecule has 3 heteroatoms. The van der Waals surface area contributed by atoms with Crippen molar-refractivity contribution in [2.45, 2.75) is 65.6 Å². The van der Waals surface area contributed by atoms with Gasteiger partial charge in [0, 0.05) is 18.2 Å². The molecule has 0 aliphatic heterocycles. The summed E-state index contributed by atoms with van der Waals surface area (Å²) in [6.45, 7) is 11.4. The second-order valence-corrected chi connectivity index (χ2v) is 5.87. The van der Waals surface area contributed by atoms with Crippen molar-refractivity contribution < 1.29 is 9.84 Å². The Kier molecular flexibility index (Phi) is 6.50. The predicted molar refractivity (Wildman–Crippen MR) is 84.2 cm³/mol. The fourth-order valence-corrected chi connectivity index (χ4v) is 1.97. The molecular formula is C17H29NO2. The quantitative estimate of drug-likeness (QED) is 0.766. The van der Waals surface area contributed by atoms with Gasteiger partial charge >= 0.3 is 0 Å². The zero-order valence-corrected chi connectivity index (χ0v) is 13.5. The van der Waals surface area contributed by atoms with Crippen LogP contribution in [0.25, 0.3) is 0 Å². The summed E-state index contributed by atoms with van der Waals surface area (Å²) in [4.78, 5) is 0. The number of nitrogens with one attached hydrogen (secondary N) is 1. The second kappa shape index (κ2) is 7.65. The van der Waals surface area contributed by atoms with E-state index in [1.807, 2.05) is 26.0 Å². The van der Waals surface area contributed by atoms with E-state index in [2.05, 4.69) is 32.2 Å². The summed E-state index contributed by atoms with van der Waals surface area (Å²) in [6.07, 6.45) is 1.41. The molecule has 0 fully saturated rings. The third-order valence-corrected chi connectivity index (χ3v) is 3.73. The van der Waals surface area contributed by atoms with E-state index in [1.165, 1.54) is 5.56 Å². The van der Waals surface area contributed by atoms with Crippen molar-refractivity contribution in [3.63, 3.8) is 0 Å². The summed E-state index contributed by atoms with van der Waals surface area (Å²) in [5.41, 5.74) is 1.64. The van der Waals surface area contributed by atoms with Gasteiger partial charge in [0.15, 0.2) is 0 Å². The minimum atomic E-state index is -0.729. The van der Waals surface area contributed by atoms with Crippen LogP contribution >= 0.6 is 0 Å². The Hall–Kier alpha value is -1.06. The summed E-state index contributed by atoms with van der Waals surface area (Å²) in [5.74, 6) is 0.865. The van der Waals surface area contributed by atoms with Gasteiger partial charge in [-0.25, -0.2) is 0 Å². The zero-order valence-electron chi connectivity index (χ0n) is 13.5. The third kappa shape index (κ3) is 5.14. The van der Waals surface area contributed by atoms with E-state index < -0.39 is 5.60 Å². The van der Waals surface area contributed by atoms with Gasteiger partial charge in [-0.1, -0.05) is 45.4 Å². The van der Waals surface area contributed by atoms with Crippen molar-refractivity contribution in [2.24, 2.45) is 0 Å². The Morgan fingerprint density at radius 2 is 1.90 bits per heavy atom. The highest BCUT2D eigenvalue weighted by atomic mass is 16.5. The third-order valence-electron chi connectivity index (χ3n) is 3.73. The highest BCUT2D eigenvalue weighted by Gasteiger charge is 2.23. The molecule has 1 aromatic rings. The van der Waals surface area contributed by atoms with Crippen molar-refractivity contribution in [3.8, 4) is 5.75 Å². The highest BCUT2D eigenvalue weighted by Crippen LogP contribution is 2.23. The molecule has 3 nitrogen and oxygen atoms in total. The normalized spacial score (nSPS) is 11.9. The van der Waals surface area contributed by atoms with Crippen LogP contribution in [0.15, 0.2) is 18.2 Å². The van der Waals surface area contributed by atoms with E-state index in [4.69, 9.17) is 4.74 Å². The maximum absolute atomic E-state index is 10.3. The maximum Gasteiger partial charge on any atom is 0.123 e.